The van der Waals surface area contributed by atoms with Crippen molar-refractivity contribution in [3.63, 3.8) is 0 Å². The summed E-state index contributed by atoms with van der Waals surface area (Å²) < 4.78 is 37.3. The summed E-state index contributed by atoms with van der Waals surface area (Å²) in [5.74, 6) is -1.01. The first-order chi connectivity index (χ1) is 8.21. The molecule has 0 aliphatic heterocycles. The number of aliphatic hydroxyl groups excluding tert-OH is 1. The summed E-state index contributed by atoms with van der Waals surface area (Å²) in [5.41, 5.74) is 9.79. The van der Waals surface area contributed by atoms with Crippen LogP contribution in [0.5, 0.6) is 0 Å². The minimum atomic E-state index is -4.44. The Morgan fingerprint density at radius 3 is 2.50 bits per heavy atom. The number of aliphatic hydroxyl groups is 1. The lowest BCUT2D eigenvalue weighted by Gasteiger charge is -2.16. The normalized spacial score (nSPS) is 15.2. The quantitative estimate of drug-likeness (QED) is 0.734. The van der Waals surface area contributed by atoms with Crippen LogP contribution in [0, 0.1) is 0 Å². The molecule has 0 saturated carbocycles. The van der Waals surface area contributed by atoms with Crippen molar-refractivity contribution in [1.82, 2.24) is 0 Å². The van der Waals surface area contributed by atoms with Crippen molar-refractivity contribution in [3.05, 3.63) is 35.4 Å². The van der Waals surface area contributed by atoms with Crippen LogP contribution in [-0.2, 0) is 17.4 Å². The molecule has 1 aromatic carbocycles. The van der Waals surface area contributed by atoms with Crippen LogP contribution in [0.3, 0.4) is 0 Å². The number of carbonyl (C=O) groups is 1. The molecule has 1 rings (SSSR count). The first-order valence-electron chi connectivity index (χ1n) is 5.11. The van der Waals surface area contributed by atoms with E-state index >= 15 is 0 Å². The van der Waals surface area contributed by atoms with Crippen LogP contribution in [0.2, 0.25) is 0 Å². The minimum absolute atomic E-state index is 0.0754. The van der Waals surface area contributed by atoms with Crippen LogP contribution in [-0.4, -0.2) is 23.2 Å². The maximum atomic E-state index is 12.4. The molecule has 2 unspecified atom stereocenters. The molecule has 2 atom stereocenters. The lowest BCUT2D eigenvalue weighted by Crippen LogP contribution is -2.45. The molecule has 5 N–H and O–H groups in total. The van der Waals surface area contributed by atoms with Crippen LogP contribution >= 0.6 is 0 Å². The van der Waals surface area contributed by atoms with Gasteiger partial charge in [-0.15, -0.1) is 0 Å². The molecule has 0 aliphatic rings. The van der Waals surface area contributed by atoms with Gasteiger partial charge < -0.3 is 16.6 Å². The Hall–Kier alpha value is -1.60. The van der Waals surface area contributed by atoms with Crippen molar-refractivity contribution in [1.29, 1.82) is 0 Å². The fourth-order valence-electron chi connectivity index (χ4n) is 1.47. The van der Waals surface area contributed by atoms with Crippen LogP contribution in [0.15, 0.2) is 24.3 Å². The smallest absolute Gasteiger partial charge is 0.382 e. The number of carbonyl (C=O) groups excluding carboxylic acids is 1. The van der Waals surface area contributed by atoms with Gasteiger partial charge in [0, 0.05) is 6.04 Å². The molecule has 7 heteroatoms. The summed E-state index contributed by atoms with van der Waals surface area (Å²) in [5, 5.41) is 9.26. The predicted octanol–water partition coefficient (Wildman–Crippen LogP) is 0.421. The van der Waals surface area contributed by atoms with Gasteiger partial charge in [-0.05, 0) is 18.1 Å². The zero-order valence-corrected chi connectivity index (χ0v) is 9.32. The van der Waals surface area contributed by atoms with Crippen molar-refractivity contribution in [2.24, 2.45) is 11.5 Å². The highest BCUT2D eigenvalue weighted by molar-refractivity contribution is 5.79. The van der Waals surface area contributed by atoms with E-state index in [2.05, 4.69) is 0 Å². The summed E-state index contributed by atoms with van der Waals surface area (Å²) >= 11 is 0. The second kappa shape index (κ2) is 5.36. The number of amides is 1. The zero-order valence-electron chi connectivity index (χ0n) is 9.32. The Bertz CT molecular complexity index is 435. The van der Waals surface area contributed by atoms with Crippen molar-refractivity contribution in [2.75, 3.05) is 0 Å². The average molecular weight is 262 g/mol. The highest BCUT2D eigenvalue weighted by atomic mass is 19.4. The largest absolute Gasteiger partial charge is 0.416 e. The molecule has 1 amide bonds. The molecule has 1 aromatic rings. The standard InChI is InChI=1S/C11H13F3N2O2/c12-11(13,14)7-3-1-2-6(4-7)5-8(15)9(17)10(16)18/h1-4,8-9,17H,5,15H2,(H2,16,18). The number of benzene rings is 1. The van der Waals surface area contributed by atoms with E-state index < -0.39 is 29.8 Å². The Balaban J connectivity index is 2.83. The van der Waals surface area contributed by atoms with E-state index in [1.165, 1.54) is 12.1 Å². The molecule has 4 nitrogen and oxygen atoms in total. The molecular formula is C11H13F3N2O2. The summed E-state index contributed by atoms with van der Waals surface area (Å²) in [6.45, 7) is 0. The van der Waals surface area contributed by atoms with Crippen molar-refractivity contribution in [2.45, 2.75) is 24.7 Å². The van der Waals surface area contributed by atoms with Gasteiger partial charge in [0.2, 0.25) is 5.91 Å². The van der Waals surface area contributed by atoms with Crippen molar-refractivity contribution < 1.29 is 23.1 Å². The minimum Gasteiger partial charge on any atom is -0.382 e. The average Bonchev–Trinajstić information content (AvgIpc) is 2.27. The monoisotopic (exact) mass is 262 g/mol. The summed E-state index contributed by atoms with van der Waals surface area (Å²) in [7, 11) is 0. The molecule has 0 aromatic heterocycles. The van der Waals surface area contributed by atoms with E-state index in [0.717, 1.165) is 12.1 Å². The van der Waals surface area contributed by atoms with E-state index in [-0.39, 0.29) is 12.0 Å². The summed E-state index contributed by atoms with van der Waals surface area (Å²) in [6.07, 6.45) is -6.10. The van der Waals surface area contributed by atoms with E-state index in [9.17, 15) is 23.1 Å². The van der Waals surface area contributed by atoms with Crippen LogP contribution in [0.1, 0.15) is 11.1 Å². The second-order valence-electron chi connectivity index (χ2n) is 3.91. The maximum absolute atomic E-state index is 12.4. The number of halogens is 3. The Morgan fingerprint density at radius 2 is 2.00 bits per heavy atom. The molecule has 0 fully saturated rings. The van der Waals surface area contributed by atoms with E-state index in [1.54, 1.807) is 0 Å². The molecular weight excluding hydrogens is 249 g/mol. The van der Waals surface area contributed by atoms with Gasteiger partial charge >= 0.3 is 6.18 Å². The van der Waals surface area contributed by atoms with Crippen LogP contribution in [0.4, 0.5) is 13.2 Å². The third-order valence-electron chi connectivity index (χ3n) is 2.42. The van der Waals surface area contributed by atoms with Crippen molar-refractivity contribution in [3.8, 4) is 0 Å². The lowest BCUT2D eigenvalue weighted by molar-refractivity contribution is -0.137. The third-order valence-corrected chi connectivity index (χ3v) is 2.42. The molecule has 0 spiro atoms. The number of alkyl halides is 3. The molecule has 0 saturated heterocycles. The van der Waals surface area contributed by atoms with Crippen molar-refractivity contribution >= 4 is 5.91 Å². The van der Waals surface area contributed by atoms with Gasteiger partial charge in [-0.25, -0.2) is 0 Å². The topological polar surface area (TPSA) is 89.3 Å². The molecule has 18 heavy (non-hydrogen) atoms. The van der Waals surface area contributed by atoms with E-state index in [1.807, 2.05) is 0 Å². The number of primary amides is 1. The van der Waals surface area contributed by atoms with Gasteiger partial charge in [-0.1, -0.05) is 18.2 Å². The van der Waals surface area contributed by atoms with Crippen LogP contribution in [0.25, 0.3) is 0 Å². The maximum Gasteiger partial charge on any atom is 0.416 e. The molecule has 100 valence electrons. The Kier molecular flexibility index (Phi) is 4.31. The second-order valence-corrected chi connectivity index (χ2v) is 3.91. The SMILES string of the molecule is NC(=O)C(O)C(N)Cc1cccc(C(F)(F)F)c1. The summed E-state index contributed by atoms with van der Waals surface area (Å²) in [4.78, 5) is 10.7. The van der Waals surface area contributed by atoms with Crippen LogP contribution < -0.4 is 11.5 Å². The van der Waals surface area contributed by atoms with E-state index in [0.29, 0.717) is 0 Å². The van der Waals surface area contributed by atoms with Gasteiger partial charge in [0.1, 0.15) is 6.10 Å². The fraction of sp³-hybridized carbons (Fsp3) is 0.364. The van der Waals surface area contributed by atoms with Gasteiger partial charge in [0.15, 0.2) is 0 Å². The fourth-order valence-corrected chi connectivity index (χ4v) is 1.47. The predicted molar refractivity (Wildman–Crippen MR) is 58.3 cm³/mol. The first kappa shape index (κ1) is 14.5. The highest BCUT2D eigenvalue weighted by Crippen LogP contribution is 2.29. The van der Waals surface area contributed by atoms with Gasteiger partial charge in [-0.2, -0.15) is 13.2 Å². The molecule has 0 heterocycles. The highest BCUT2D eigenvalue weighted by Gasteiger charge is 2.30. The van der Waals surface area contributed by atoms with Gasteiger partial charge in [0.25, 0.3) is 0 Å². The third kappa shape index (κ3) is 3.71. The molecule has 0 bridgehead atoms. The number of nitrogens with two attached hydrogens (primary N) is 2. The lowest BCUT2D eigenvalue weighted by atomic mass is 10.00. The van der Waals surface area contributed by atoms with Gasteiger partial charge in [-0.3, -0.25) is 4.79 Å². The number of rotatable bonds is 4. The Labute approximate surface area is 101 Å². The number of hydrogen-bond acceptors (Lipinski definition) is 3. The Morgan fingerprint density at radius 1 is 1.39 bits per heavy atom. The van der Waals surface area contributed by atoms with E-state index in [4.69, 9.17) is 11.5 Å². The molecule has 0 aliphatic carbocycles. The first-order valence-corrected chi connectivity index (χ1v) is 5.11. The zero-order chi connectivity index (χ0) is 13.9. The number of hydrogen-bond donors (Lipinski definition) is 3. The van der Waals surface area contributed by atoms with Gasteiger partial charge in [0.05, 0.1) is 5.56 Å². The molecule has 0 radical (unpaired) electrons. The summed E-state index contributed by atoms with van der Waals surface area (Å²) in [6, 6.07) is 3.49.